The van der Waals surface area contributed by atoms with Crippen LogP contribution in [0, 0.1) is 5.92 Å². The molecule has 1 atom stereocenters. The van der Waals surface area contributed by atoms with E-state index in [1.54, 1.807) is 0 Å². The van der Waals surface area contributed by atoms with Gasteiger partial charge in [0.25, 0.3) is 0 Å². The van der Waals surface area contributed by atoms with Gasteiger partial charge in [-0.1, -0.05) is 18.7 Å². The molecular weight excluding hydrogens is 244 g/mol. The average Bonchev–Trinajstić information content (AvgIpc) is 2.96. The van der Waals surface area contributed by atoms with Crippen molar-refractivity contribution >= 4 is 29.1 Å². The third-order valence-electron chi connectivity index (χ3n) is 2.49. The van der Waals surface area contributed by atoms with E-state index in [-0.39, 0.29) is 11.7 Å². The van der Waals surface area contributed by atoms with Crippen molar-refractivity contribution in [2.45, 2.75) is 24.1 Å². The Morgan fingerprint density at radius 3 is 3.19 bits per heavy atom. The number of hydrogen-bond donors (Lipinski definition) is 0. The van der Waals surface area contributed by atoms with Gasteiger partial charge in [0.05, 0.1) is 12.4 Å². The van der Waals surface area contributed by atoms with Crippen LogP contribution < -0.4 is 0 Å². The minimum atomic E-state index is 0.103. The fourth-order valence-electron chi connectivity index (χ4n) is 1.48. The Bertz CT molecular complexity index is 361. The molecule has 1 aromatic rings. The van der Waals surface area contributed by atoms with Gasteiger partial charge >= 0.3 is 0 Å². The monoisotopic (exact) mass is 258 g/mol. The van der Waals surface area contributed by atoms with Crippen LogP contribution in [0.1, 0.15) is 19.2 Å². The highest BCUT2D eigenvalue weighted by molar-refractivity contribution is 8.01. The molecule has 1 aromatic heterocycles. The summed E-state index contributed by atoms with van der Waals surface area (Å²) in [5.74, 6) is 1.73. The maximum Gasteiger partial charge on any atom is 0.170 e. The fraction of sp³-hybridized carbons (Fsp3) is 0.700. The highest BCUT2D eigenvalue weighted by atomic mass is 32.2. The van der Waals surface area contributed by atoms with Crippen molar-refractivity contribution in [2.75, 3.05) is 19.0 Å². The van der Waals surface area contributed by atoms with E-state index in [0.717, 1.165) is 29.6 Å². The molecular formula is C10H14N2O2S2. The predicted molar refractivity (Wildman–Crippen MR) is 63.9 cm³/mol. The van der Waals surface area contributed by atoms with Crippen LogP contribution in [-0.4, -0.2) is 34.1 Å². The van der Waals surface area contributed by atoms with Gasteiger partial charge in [-0.2, -0.15) is 4.37 Å². The number of rotatable bonds is 5. The lowest BCUT2D eigenvalue weighted by molar-refractivity contribution is -0.120. The lowest BCUT2D eigenvalue weighted by Crippen LogP contribution is -2.16. The fourth-order valence-corrected chi connectivity index (χ4v) is 3.15. The third-order valence-corrected chi connectivity index (χ3v) is 4.38. The number of aromatic nitrogens is 2. The van der Waals surface area contributed by atoms with Gasteiger partial charge in [-0.3, -0.25) is 4.79 Å². The Hall–Kier alpha value is -0.460. The number of ketones is 1. The summed E-state index contributed by atoms with van der Waals surface area (Å²) < 4.78 is 10.3. The van der Waals surface area contributed by atoms with E-state index in [1.807, 2.05) is 6.92 Å². The lowest BCUT2D eigenvalue weighted by Gasteiger charge is -2.03. The topological polar surface area (TPSA) is 52.1 Å². The van der Waals surface area contributed by atoms with E-state index in [2.05, 4.69) is 9.36 Å². The molecule has 2 heterocycles. The first-order chi connectivity index (χ1) is 7.79. The van der Waals surface area contributed by atoms with Crippen molar-refractivity contribution in [3.05, 3.63) is 5.82 Å². The highest BCUT2D eigenvalue weighted by Crippen LogP contribution is 2.23. The van der Waals surface area contributed by atoms with Crippen LogP contribution in [0.15, 0.2) is 4.34 Å². The van der Waals surface area contributed by atoms with Crippen LogP contribution in [0.4, 0.5) is 0 Å². The number of carbonyl (C=O) groups excluding carboxylic acids is 1. The normalized spacial score (nSPS) is 20.2. The van der Waals surface area contributed by atoms with E-state index in [0.29, 0.717) is 12.4 Å². The quantitative estimate of drug-likeness (QED) is 0.754. The summed E-state index contributed by atoms with van der Waals surface area (Å²) in [7, 11) is 0. The molecule has 1 unspecified atom stereocenters. The molecule has 16 heavy (non-hydrogen) atoms. The summed E-state index contributed by atoms with van der Waals surface area (Å²) in [6.07, 6.45) is 1.72. The van der Waals surface area contributed by atoms with E-state index < -0.39 is 0 Å². The zero-order valence-corrected chi connectivity index (χ0v) is 10.8. The van der Waals surface area contributed by atoms with Crippen LogP contribution in [0.25, 0.3) is 0 Å². The second-order valence-corrected chi connectivity index (χ2v) is 5.62. The van der Waals surface area contributed by atoms with Crippen LogP contribution in [-0.2, 0) is 16.0 Å². The highest BCUT2D eigenvalue weighted by Gasteiger charge is 2.23. The smallest absolute Gasteiger partial charge is 0.170 e. The predicted octanol–water partition coefficient (Wildman–Crippen LogP) is 1.80. The number of Topliss-reactive ketones (excluding diaryl/α,β-unsaturated/α-hetero) is 1. The molecule has 1 aliphatic heterocycles. The number of ether oxygens (including phenoxy) is 1. The Morgan fingerprint density at radius 1 is 1.69 bits per heavy atom. The maximum absolute atomic E-state index is 11.8. The van der Waals surface area contributed by atoms with Crippen molar-refractivity contribution in [1.82, 2.24) is 9.36 Å². The minimum absolute atomic E-state index is 0.103. The Balaban J connectivity index is 1.80. The third kappa shape index (κ3) is 3.02. The van der Waals surface area contributed by atoms with E-state index in [4.69, 9.17) is 4.74 Å². The summed E-state index contributed by atoms with van der Waals surface area (Å²) in [4.78, 5) is 16.1. The summed E-state index contributed by atoms with van der Waals surface area (Å²) >= 11 is 2.87. The lowest BCUT2D eigenvalue weighted by atomic mass is 10.1. The van der Waals surface area contributed by atoms with Crippen molar-refractivity contribution < 1.29 is 9.53 Å². The first kappa shape index (κ1) is 12.0. The van der Waals surface area contributed by atoms with E-state index >= 15 is 0 Å². The van der Waals surface area contributed by atoms with Crippen molar-refractivity contribution in [1.29, 1.82) is 0 Å². The van der Waals surface area contributed by atoms with Crippen molar-refractivity contribution in [3.63, 3.8) is 0 Å². The molecule has 88 valence electrons. The average molecular weight is 258 g/mol. The molecule has 1 fully saturated rings. The molecule has 0 aromatic carbocycles. The van der Waals surface area contributed by atoms with E-state index in [9.17, 15) is 4.79 Å². The second-order valence-electron chi connectivity index (χ2n) is 3.65. The van der Waals surface area contributed by atoms with Crippen LogP contribution in [0.2, 0.25) is 0 Å². The van der Waals surface area contributed by atoms with Gasteiger partial charge in [-0.25, -0.2) is 4.98 Å². The summed E-state index contributed by atoms with van der Waals surface area (Å²) in [6.45, 7) is 3.34. The van der Waals surface area contributed by atoms with Gasteiger partial charge in [0.1, 0.15) is 11.6 Å². The van der Waals surface area contributed by atoms with Gasteiger partial charge < -0.3 is 4.74 Å². The summed E-state index contributed by atoms with van der Waals surface area (Å²) in [5.41, 5.74) is 0. The van der Waals surface area contributed by atoms with Crippen molar-refractivity contribution in [2.24, 2.45) is 5.92 Å². The molecule has 0 bridgehead atoms. The van der Waals surface area contributed by atoms with Gasteiger partial charge in [0, 0.05) is 18.9 Å². The maximum atomic E-state index is 11.8. The number of thioether (sulfide) groups is 1. The molecule has 0 spiro atoms. The van der Waals surface area contributed by atoms with Crippen molar-refractivity contribution in [3.8, 4) is 0 Å². The number of nitrogens with zero attached hydrogens (tertiary/aromatic N) is 2. The minimum Gasteiger partial charge on any atom is -0.381 e. The molecule has 2 rings (SSSR count). The first-order valence-corrected chi connectivity index (χ1v) is 7.11. The molecule has 0 amide bonds. The molecule has 0 radical (unpaired) electrons. The summed E-state index contributed by atoms with van der Waals surface area (Å²) in [6, 6.07) is 0. The molecule has 0 N–H and O–H groups in total. The molecule has 1 aliphatic rings. The number of carbonyl (C=O) groups is 1. The SMILES string of the molecule is CCc1nsc(SCC(=O)C2CCOC2)n1. The van der Waals surface area contributed by atoms with Gasteiger partial charge in [-0.05, 0) is 18.0 Å². The molecule has 0 saturated carbocycles. The zero-order valence-electron chi connectivity index (χ0n) is 9.14. The van der Waals surface area contributed by atoms with Crippen LogP contribution >= 0.6 is 23.3 Å². The first-order valence-electron chi connectivity index (χ1n) is 5.35. The Kier molecular flexibility index (Phi) is 4.31. The summed E-state index contributed by atoms with van der Waals surface area (Å²) in [5, 5.41) is 0. The Labute approximate surface area is 103 Å². The molecule has 4 nitrogen and oxygen atoms in total. The zero-order chi connectivity index (χ0) is 11.4. The molecule has 6 heteroatoms. The Morgan fingerprint density at radius 2 is 2.56 bits per heavy atom. The van der Waals surface area contributed by atoms with E-state index in [1.165, 1.54) is 23.3 Å². The number of hydrogen-bond acceptors (Lipinski definition) is 6. The van der Waals surface area contributed by atoms with Gasteiger partial charge in [0.2, 0.25) is 0 Å². The standard InChI is InChI=1S/C10H14N2O2S2/c1-2-9-11-10(16-12-9)15-6-8(13)7-3-4-14-5-7/h7H,2-6H2,1H3. The van der Waals surface area contributed by atoms with Gasteiger partial charge in [0.15, 0.2) is 4.34 Å². The largest absolute Gasteiger partial charge is 0.381 e. The molecule has 1 saturated heterocycles. The second kappa shape index (κ2) is 5.75. The van der Waals surface area contributed by atoms with Gasteiger partial charge in [-0.15, -0.1) is 0 Å². The van der Waals surface area contributed by atoms with Crippen LogP contribution in [0.5, 0.6) is 0 Å². The number of aryl methyl sites for hydroxylation is 1. The van der Waals surface area contributed by atoms with Crippen LogP contribution in [0.3, 0.4) is 0 Å². The molecule has 0 aliphatic carbocycles.